The average Bonchev–Trinajstić information content (AvgIpc) is 3.77. The number of anilines is 1. The van der Waals surface area contributed by atoms with Gasteiger partial charge in [0.25, 0.3) is 6.47 Å². The van der Waals surface area contributed by atoms with Gasteiger partial charge in [0.15, 0.2) is 0 Å². The number of nitrogens with two attached hydrogens (primary N) is 2. The number of aryl methyl sites for hydroxylation is 2. The number of ether oxygens (including phenoxy) is 1. The molecule has 6 atom stereocenters. The Hall–Kier alpha value is -5.49. The number of nitrogens with one attached hydrogen (secondary N) is 3. The molecule has 0 saturated carbocycles. The normalized spacial score (nSPS) is 20.6. The zero-order chi connectivity index (χ0) is 44.9. The summed E-state index contributed by atoms with van der Waals surface area (Å²) in [5.74, 6) is -2.62. The second-order valence-electron chi connectivity index (χ2n) is 15.3. The van der Waals surface area contributed by atoms with E-state index in [2.05, 4.69) is 34.8 Å². The fraction of sp³-hybridized carbons (Fsp3) is 0.548. The largest absolute Gasteiger partial charge is 0.464 e. The van der Waals surface area contributed by atoms with E-state index < -0.39 is 47.8 Å². The Kier molecular flexibility index (Phi) is 21.8. The minimum Gasteiger partial charge on any atom is -0.464 e. The second-order valence-corrected chi connectivity index (χ2v) is 15.3. The second kappa shape index (κ2) is 25.9. The van der Waals surface area contributed by atoms with Crippen molar-refractivity contribution in [2.24, 2.45) is 11.5 Å². The molecule has 60 heavy (non-hydrogen) atoms. The first-order valence-electron chi connectivity index (χ1n) is 20.1. The van der Waals surface area contributed by atoms with Gasteiger partial charge in [0.05, 0.1) is 19.0 Å². The fourth-order valence-corrected chi connectivity index (χ4v) is 6.65. The number of amides is 6. The molecule has 3 heterocycles. The molecular weight excluding hydrogens is 783 g/mol. The summed E-state index contributed by atoms with van der Waals surface area (Å²) in [5, 5.41) is 7.49. The van der Waals surface area contributed by atoms with Crippen LogP contribution < -0.4 is 27.4 Å². The molecule has 0 aromatic heterocycles. The van der Waals surface area contributed by atoms with E-state index >= 15 is 0 Å². The van der Waals surface area contributed by atoms with Crippen LogP contribution in [-0.2, 0) is 33.5 Å². The summed E-state index contributed by atoms with van der Waals surface area (Å²) in [6.45, 7) is 11.1. The number of rotatable bonds is 11. The number of aldehydes is 1. The number of urea groups is 1. The predicted molar refractivity (Wildman–Crippen MR) is 222 cm³/mol. The van der Waals surface area contributed by atoms with Crippen LogP contribution >= 0.6 is 0 Å². The molecule has 16 nitrogen and oxygen atoms in total. The van der Waals surface area contributed by atoms with Gasteiger partial charge in [-0.15, -0.1) is 0 Å². The molecule has 0 bridgehead atoms. The number of piperidine rings is 1. The first kappa shape index (κ1) is 50.7. The van der Waals surface area contributed by atoms with Crippen LogP contribution in [0.15, 0.2) is 42.5 Å². The maximum atomic E-state index is 13.3. The Morgan fingerprint density at radius 2 is 1.55 bits per heavy atom. The maximum absolute atomic E-state index is 13.3. The maximum Gasteiger partial charge on any atom is 0.319 e. The van der Waals surface area contributed by atoms with E-state index in [9.17, 15) is 42.3 Å². The zero-order valence-electron chi connectivity index (χ0n) is 35.5. The van der Waals surface area contributed by atoms with E-state index in [1.165, 1.54) is 41.3 Å². The van der Waals surface area contributed by atoms with Gasteiger partial charge in [0.2, 0.25) is 23.6 Å². The van der Waals surface area contributed by atoms with Crippen LogP contribution in [0, 0.1) is 25.5 Å². The molecule has 3 aliphatic rings. The lowest BCUT2D eigenvalue weighted by molar-refractivity contribution is -0.151. The molecule has 7 N–H and O–H groups in total. The topological polar surface area (TPSA) is 227 Å². The van der Waals surface area contributed by atoms with Crippen molar-refractivity contribution in [2.45, 2.75) is 116 Å². The molecular formula is C42H62F2N8O8. The summed E-state index contributed by atoms with van der Waals surface area (Å²) < 4.78 is 29.1. The van der Waals surface area contributed by atoms with Crippen molar-refractivity contribution in [3.05, 3.63) is 65.2 Å². The highest BCUT2D eigenvalue weighted by Gasteiger charge is 2.43. The molecule has 2 aromatic rings. The molecule has 5 rings (SSSR count). The molecule has 18 heteroatoms. The lowest BCUT2D eigenvalue weighted by Gasteiger charge is -2.38. The number of hydrogen-bond acceptors (Lipinski definition) is 10. The van der Waals surface area contributed by atoms with Crippen molar-refractivity contribution in [3.63, 3.8) is 0 Å². The predicted octanol–water partition coefficient (Wildman–Crippen LogP) is 2.93. The minimum atomic E-state index is -0.752. The third-order valence-corrected chi connectivity index (χ3v) is 9.98. The molecule has 0 spiro atoms. The summed E-state index contributed by atoms with van der Waals surface area (Å²) in [5.41, 5.74) is 13.3. The van der Waals surface area contributed by atoms with E-state index in [1.54, 1.807) is 32.9 Å². The molecule has 3 saturated heterocycles. The highest BCUT2D eigenvalue weighted by Crippen LogP contribution is 2.25. The third kappa shape index (κ3) is 18.2. The van der Waals surface area contributed by atoms with Gasteiger partial charge in [0, 0.05) is 36.9 Å². The Balaban J connectivity index is 0.000000327. The number of primary amides is 1. The smallest absolute Gasteiger partial charge is 0.319 e. The van der Waals surface area contributed by atoms with Gasteiger partial charge in [-0.25, -0.2) is 13.6 Å². The van der Waals surface area contributed by atoms with Gasteiger partial charge in [-0.05, 0) is 117 Å². The number of benzene rings is 2. The first-order valence-corrected chi connectivity index (χ1v) is 20.1. The van der Waals surface area contributed by atoms with Gasteiger partial charge in [-0.3, -0.25) is 24.0 Å². The molecule has 6 unspecified atom stereocenters. The summed E-state index contributed by atoms with van der Waals surface area (Å²) >= 11 is 0. The summed E-state index contributed by atoms with van der Waals surface area (Å²) in [6.07, 6.45) is 5.14. The van der Waals surface area contributed by atoms with Crippen molar-refractivity contribution in [1.82, 2.24) is 25.3 Å². The highest BCUT2D eigenvalue weighted by atomic mass is 19.1. The van der Waals surface area contributed by atoms with Gasteiger partial charge in [0.1, 0.15) is 36.1 Å². The molecule has 3 aliphatic heterocycles. The number of carbonyl (C=O) groups excluding carboxylic acids is 7. The zero-order valence-corrected chi connectivity index (χ0v) is 35.5. The van der Waals surface area contributed by atoms with E-state index in [0.29, 0.717) is 36.9 Å². The van der Waals surface area contributed by atoms with Crippen LogP contribution in [-0.4, -0.2) is 127 Å². The van der Waals surface area contributed by atoms with Crippen LogP contribution in [0.1, 0.15) is 76.8 Å². The molecule has 3 fully saturated rings. The van der Waals surface area contributed by atoms with Crippen molar-refractivity contribution >= 4 is 48.1 Å². The van der Waals surface area contributed by atoms with Crippen LogP contribution in [0.5, 0.6) is 0 Å². The third-order valence-electron chi connectivity index (χ3n) is 9.98. The summed E-state index contributed by atoms with van der Waals surface area (Å²) in [4.78, 5) is 86.7. The molecule has 2 aromatic carbocycles. The Morgan fingerprint density at radius 1 is 0.900 bits per heavy atom. The van der Waals surface area contributed by atoms with Crippen LogP contribution in [0.2, 0.25) is 0 Å². The number of hydrogen-bond donors (Lipinski definition) is 5. The van der Waals surface area contributed by atoms with Crippen LogP contribution in [0.4, 0.5) is 19.3 Å². The minimum absolute atomic E-state index is 0.0456. The summed E-state index contributed by atoms with van der Waals surface area (Å²) in [6, 6.07) is 8.71. The first-order chi connectivity index (χ1) is 28.3. The van der Waals surface area contributed by atoms with E-state index in [0.717, 1.165) is 30.5 Å². The SMILES string of the molecule is CC(C=O)NC(=O)C1CCCCN1C(=O)C1CC(N)CN1C(=O)CC(C)OC=O.CC1CCCN1C.Cc1cc(F)cc(F)c1.Cc1ccc(NC(=O)NCC(N)=O)cc1. The van der Waals surface area contributed by atoms with Crippen molar-refractivity contribution in [2.75, 3.05) is 38.5 Å². The van der Waals surface area contributed by atoms with Crippen molar-refractivity contribution in [1.29, 1.82) is 0 Å². The highest BCUT2D eigenvalue weighted by molar-refractivity contribution is 5.94. The van der Waals surface area contributed by atoms with Crippen molar-refractivity contribution in [3.8, 4) is 0 Å². The average molecular weight is 845 g/mol. The lowest BCUT2D eigenvalue weighted by Crippen LogP contribution is -2.57. The van der Waals surface area contributed by atoms with E-state index in [1.807, 2.05) is 19.1 Å². The van der Waals surface area contributed by atoms with Crippen molar-refractivity contribution < 1.29 is 47.1 Å². The standard InChI is InChI=1S/C19H30N4O6.C10H13N3O2.C7H6F2.C6H13N/c1-12(10-24)21-18(27)15-5-3-4-6-22(15)19(28)16-8-14(20)9-23(16)17(26)7-13(2)29-11-25;1-7-2-4-8(5-3-7)13-10(15)12-6-9(11)14;1-5-2-6(8)4-7(9)3-5;1-6-4-3-5-7(6)2/h10-16H,3-9,20H2,1-2H3,(H,21,27);2-5H,6H2,1H3,(H2,11,14)(H2,12,13,15);2-4H,1H3;6H,3-5H2,1-2H3. The number of likely N-dealkylation sites (tertiary alicyclic amines) is 3. The lowest BCUT2D eigenvalue weighted by atomic mass is 9.99. The fourth-order valence-electron chi connectivity index (χ4n) is 6.65. The number of nitrogens with zero attached hydrogens (tertiary/aromatic N) is 3. The number of halogens is 2. The Labute approximate surface area is 351 Å². The monoisotopic (exact) mass is 844 g/mol. The van der Waals surface area contributed by atoms with Gasteiger partial charge in [-0.1, -0.05) is 17.7 Å². The van der Waals surface area contributed by atoms with Gasteiger partial charge in [-0.2, -0.15) is 0 Å². The van der Waals surface area contributed by atoms with E-state index in [-0.39, 0.29) is 49.7 Å². The molecule has 0 radical (unpaired) electrons. The van der Waals surface area contributed by atoms with Crippen LogP contribution in [0.3, 0.4) is 0 Å². The van der Waals surface area contributed by atoms with Gasteiger partial charge >= 0.3 is 6.03 Å². The summed E-state index contributed by atoms with van der Waals surface area (Å²) in [7, 11) is 2.19. The Morgan fingerprint density at radius 3 is 2.07 bits per heavy atom. The van der Waals surface area contributed by atoms with Gasteiger partial charge < -0.3 is 51.6 Å². The molecule has 332 valence electrons. The number of carbonyl (C=O) groups is 7. The Bertz CT molecular complexity index is 1680. The quantitative estimate of drug-likeness (QED) is 0.208. The molecule has 0 aliphatic carbocycles. The molecule has 6 amide bonds. The van der Waals surface area contributed by atoms with E-state index in [4.69, 9.17) is 16.2 Å². The van der Waals surface area contributed by atoms with Crippen LogP contribution in [0.25, 0.3) is 0 Å².